The SMILES string of the molecule is Cn1cnnc1SCc1ccc2nsnc2c1. The van der Waals surface area contributed by atoms with Crippen molar-refractivity contribution in [1.29, 1.82) is 0 Å². The molecule has 2 aromatic heterocycles. The van der Waals surface area contributed by atoms with Gasteiger partial charge >= 0.3 is 0 Å². The van der Waals surface area contributed by atoms with Crippen LogP contribution in [0.2, 0.25) is 0 Å². The number of hydrogen-bond donors (Lipinski definition) is 0. The van der Waals surface area contributed by atoms with Gasteiger partial charge in [0, 0.05) is 12.8 Å². The highest BCUT2D eigenvalue weighted by atomic mass is 32.2. The van der Waals surface area contributed by atoms with Crippen molar-refractivity contribution in [2.75, 3.05) is 0 Å². The number of fused-ring (bicyclic) bond motifs is 1. The number of rotatable bonds is 3. The van der Waals surface area contributed by atoms with Gasteiger partial charge in [-0.15, -0.1) is 10.2 Å². The maximum Gasteiger partial charge on any atom is 0.191 e. The van der Waals surface area contributed by atoms with Crippen molar-refractivity contribution in [3.05, 3.63) is 30.1 Å². The quantitative estimate of drug-likeness (QED) is 0.677. The Morgan fingerprint density at radius 1 is 1.29 bits per heavy atom. The Bertz CT molecular complexity index is 645. The number of nitrogens with zero attached hydrogens (tertiary/aromatic N) is 5. The van der Waals surface area contributed by atoms with Crippen LogP contribution >= 0.6 is 23.5 Å². The Balaban J connectivity index is 1.78. The average Bonchev–Trinajstić information content (AvgIpc) is 2.94. The molecule has 1 aromatic carbocycles. The molecule has 0 atom stereocenters. The Morgan fingerprint density at radius 3 is 3.00 bits per heavy atom. The summed E-state index contributed by atoms with van der Waals surface area (Å²) in [6.45, 7) is 0. The van der Waals surface area contributed by atoms with Crippen LogP contribution in [0.5, 0.6) is 0 Å². The predicted molar refractivity (Wildman–Crippen MR) is 68.0 cm³/mol. The molecule has 0 N–H and O–H groups in total. The van der Waals surface area contributed by atoms with Crippen LogP contribution in [-0.4, -0.2) is 23.5 Å². The largest absolute Gasteiger partial charge is 0.312 e. The van der Waals surface area contributed by atoms with Crippen molar-refractivity contribution in [2.24, 2.45) is 7.05 Å². The lowest BCUT2D eigenvalue weighted by Crippen LogP contribution is -1.89. The lowest BCUT2D eigenvalue weighted by atomic mass is 10.2. The van der Waals surface area contributed by atoms with Crippen molar-refractivity contribution in [3.63, 3.8) is 0 Å². The lowest BCUT2D eigenvalue weighted by Gasteiger charge is -2.00. The molecule has 17 heavy (non-hydrogen) atoms. The first-order chi connectivity index (χ1) is 8.33. The van der Waals surface area contributed by atoms with E-state index in [2.05, 4.69) is 31.1 Å². The van der Waals surface area contributed by atoms with Crippen molar-refractivity contribution < 1.29 is 0 Å². The number of aryl methyl sites for hydroxylation is 1. The van der Waals surface area contributed by atoms with E-state index in [-0.39, 0.29) is 0 Å². The molecule has 5 nitrogen and oxygen atoms in total. The fourth-order valence-electron chi connectivity index (χ4n) is 1.47. The Kier molecular flexibility index (Phi) is 2.77. The highest BCUT2D eigenvalue weighted by Crippen LogP contribution is 2.22. The van der Waals surface area contributed by atoms with E-state index in [0.29, 0.717) is 0 Å². The molecule has 3 aromatic rings. The maximum atomic E-state index is 4.23. The minimum absolute atomic E-state index is 0.861. The smallest absolute Gasteiger partial charge is 0.191 e. The molecule has 2 heterocycles. The van der Waals surface area contributed by atoms with Gasteiger partial charge in [-0.2, -0.15) is 8.75 Å². The molecule has 0 saturated heterocycles. The van der Waals surface area contributed by atoms with Crippen molar-refractivity contribution >= 4 is 34.5 Å². The summed E-state index contributed by atoms with van der Waals surface area (Å²) in [4.78, 5) is 0. The predicted octanol–water partition coefficient (Wildman–Crippen LogP) is 2.11. The summed E-state index contributed by atoms with van der Waals surface area (Å²) < 4.78 is 10.3. The molecule has 3 rings (SSSR count). The average molecular weight is 263 g/mol. The Labute approximate surface area is 106 Å². The molecular weight excluding hydrogens is 254 g/mol. The monoisotopic (exact) mass is 263 g/mol. The third-order valence-corrected chi connectivity index (χ3v) is 4.02. The fraction of sp³-hybridized carbons (Fsp3) is 0.200. The van der Waals surface area contributed by atoms with Gasteiger partial charge in [-0.3, -0.25) is 0 Å². The summed E-state index contributed by atoms with van der Waals surface area (Å²) >= 11 is 2.91. The molecule has 0 saturated carbocycles. The third-order valence-electron chi connectivity index (χ3n) is 2.36. The molecule has 0 spiro atoms. The number of thioether (sulfide) groups is 1. The van der Waals surface area contributed by atoms with Crippen molar-refractivity contribution in [2.45, 2.75) is 10.9 Å². The molecule has 0 bridgehead atoms. The first-order valence-corrected chi connectivity index (χ1v) is 6.72. The van der Waals surface area contributed by atoms with Gasteiger partial charge in [-0.1, -0.05) is 17.8 Å². The van der Waals surface area contributed by atoms with Gasteiger partial charge < -0.3 is 4.57 Å². The molecule has 0 amide bonds. The Hall–Kier alpha value is -1.47. The summed E-state index contributed by atoms with van der Waals surface area (Å²) in [6, 6.07) is 6.15. The minimum atomic E-state index is 0.861. The minimum Gasteiger partial charge on any atom is -0.312 e. The van der Waals surface area contributed by atoms with Crippen LogP contribution in [0.4, 0.5) is 0 Å². The van der Waals surface area contributed by atoms with Gasteiger partial charge in [0.25, 0.3) is 0 Å². The van der Waals surface area contributed by atoms with Crippen LogP contribution in [0.15, 0.2) is 29.7 Å². The topological polar surface area (TPSA) is 56.5 Å². The zero-order chi connectivity index (χ0) is 11.7. The summed E-state index contributed by atoms with van der Waals surface area (Å²) in [6.07, 6.45) is 1.70. The van der Waals surface area contributed by atoms with Crippen LogP contribution in [0.3, 0.4) is 0 Å². The molecule has 86 valence electrons. The van der Waals surface area contributed by atoms with Gasteiger partial charge in [0.2, 0.25) is 0 Å². The molecule has 0 unspecified atom stereocenters. The lowest BCUT2D eigenvalue weighted by molar-refractivity contribution is 0.788. The van der Waals surface area contributed by atoms with Crippen molar-refractivity contribution in [3.8, 4) is 0 Å². The van der Waals surface area contributed by atoms with E-state index >= 15 is 0 Å². The molecule has 0 aliphatic rings. The second kappa shape index (κ2) is 4.42. The fourth-order valence-corrected chi connectivity index (χ4v) is 2.82. The summed E-state index contributed by atoms with van der Waals surface area (Å²) in [7, 11) is 1.94. The van der Waals surface area contributed by atoms with Gasteiger partial charge in [0.05, 0.1) is 11.7 Å². The Morgan fingerprint density at radius 2 is 2.18 bits per heavy atom. The first-order valence-electron chi connectivity index (χ1n) is 5.01. The van der Waals surface area contributed by atoms with E-state index in [4.69, 9.17) is 0 Å². The third kappa shape index (κ3) is 2.16. The van der Waals surface area contributed by atoms with E-state index in [1.165, 1.54) is 17.3 Å². The maximum absolute atomic E-state index is 4.23. The van der Waals surface area contributed by atoms with Crippen LogP contribution in [0, 0.1) is 0 Å². The summed E-state index contributed by atoms with van der Waals surface area (Å²) in [5.74, 6) is 0.861. The van der Waals surface area contributed by atoms with Crippen molar-refractivity contribution in [1.82, 2.24) is 23.5 Å². The highest BCUT2D eigenvalue weighted by molar-refractivity contribution is 7.98. The standard InChI is InChI=1S/C10H9N5S2/c1-15-6-11-12-10(15)16-5-7-2-3-8-9(4-7)14-17-13-8/h2-4,6H,5H2,1H3. The number of aromatic nitrogens is 5. The zero-order valence-corrected chi connectivity index (χ0v) is 10.7. The van der Waals surface area contributed by atoms with E-state index in [9.17, 15) is 0 Å². The molecule has 0 aliphatic heterocycles. The van der Waals surface area contributed by atoms with Gasteiger partial charge in [-0.25, -0.2) is 0 Å². The van der Waals surface area contributed by atoms with Crippen LogP contribution in [-0.2, 0) is 12.8 Å². The second-order valence-electron chi connectivity index (χ2n) is 3.60. The second-order valence-corrected chi connectivity index (χ2v) is 5.07. The summed E-state index contributed by atoms with van der Waals surface area (Å²) in [5, 5.41) is 8.80. The zero-order valence-electron chi connectivity index (χ0n) is 9.07. The molecule has 0 fully saturated rings. The van der Waals surface area contributed by atoms with E-state index in [1.807, 2.05) is 17.7 Å². The molecular formula is C10H9N5S2. The van der Waals surface area contributed by atoms with E-state index in [0.717, 1.165) is 21.9 Å². The van der Waals surface area contributed by atoms with Crippen LogP contribution in [0.1, 0.15) is 5.56 Å². The van der Waals surface area contributed by atoms with Crippen LogP contribution in [0.25, 0.3) is 11.0 Å². The summed E-state index contributed by atoms with van der Waals surface area (Å²) in [5.41, 5.74) is 3.15. The number of benzene rings is 1. The number of hydrogen-bond acceptors (Lipinski definition) is 6. The van der Waals surface area contributed by atoms with Gasteiger partial charge in [0.1, 0.15) is 17.4 Å². The van der Waals surface area contributed by atoms with E-state index in [1.54, 1.807) is 18.1 Å². The first kappa shape index (κ1) is 10.7. The normalized spacial score (nSPS) is 11.1. The van der Waals surface area contributed by atoms with Gasteiger partial charge in [0.15, 0.2) is 5.16 Å². The van der Waals surface area contributed by atoms with Crippen LogP contribution < -0.4 is 0 Å². The molecule has 7 heteroatoms. The molecule has 0 aliphatic carbocycles. The van der Waals surface area contributed by atoms with Gasteiger partial charge in [-0.05, 0) is 17.7 Å². The van der Waals surface area contributed by atoms with E-state index < -0.39 is 0 Å². The highest BCUT2D eigenvalue weighted by Gasteiger charge is 2.04. The molecule has 0 radical (unpaired) electrons.